The summed E-state index contributed by atoms with van der Waals surface area (Å²) in [5.41, 5.74) is 2.09. The molecule has 300 valence electrons. The zero-order valence-corrected chi connectivity index (χ0v) is 33.2. The largest absolute Gasteiger partial charge is 0.497 e. The van der Waals surface area contributed by atoms with E-state index in [1.165, 1.54) is 71.0 Å². The van der Waals surface area contributed by atoms with Crippen molar-refractivity contribution in [2.75, 3.05) is 49.0 Å². The van der Waals surface area contributed by atoms with E-state index in [4.69, 9.17) is 14.2 Å². The molecule has 0 aliphatic carbocycles. The molecule has 1 unspecified atom stereocenters. The quantitative estimate of drug-likeness (QED) is 0.290. The van der Waals surface area contributed by atoms with Crippen molar-refractivity contribution in [2.45, 2.75) is 63.3 Å². The van der Waals surface area contributed by atoms with Crippen molar-refractivity contribution in [2.24, 2.45) is 0 Å². The molecule has 0 saturated carbocycles. The lowest BCUT2D eigenvalue weighted by molar-refractivity contribution is -0.149. The van der Waals surface area contributed by atoms with Crippen LogP contribution in [0.15, 0.2) is 72.8 Å². The summed E-state index contributed by atoms with van der Waals surface area (Å²) >= 11 is 0. The van der Waals surface area contributed by atoms with Crippen molar-refractivity contribution in [3.05, 3.63) is 89.5 Å². The normalized spacial score (nSPS) is 22.1. The van der Waals surface area contributed by atoms with Gasteiger partial charge in [-0.05, 0) is 54.8 Å². The Morgan fingerprint density at radius 2 is 1.05 bits per heavy atom. The van der Waals surface area contributed by atoms with E-state index in [9.17, 15) is 28.8 Å². The van der Waals surface area contributed by atoms with Gasteiger partial charge in [0, 0.05) is 40.4 Å². The van der Waals surface area contributed by atoms with Crippen LogP contribution in [0.3, 0.4) is 0 Å². The van der Waals surface area contributed by atoms with E-state index in [0.717, 1.165) is 5.56 Å². The van der Waals surface area contributed by atoms with Gasteiger partial charge in [0.25, 0.3) is 0 Å². The van der Waals surface area contributed by atoms with Crippen LogP contribution in [0.1, 0.15) is 30.5 Å². The summed E-state index contributed by atoms with van der Waals surface area (Å²) in [5, 5.41) is 7.99. The average molecular weight is 773 g/mol. The number of rotatable bonds is 9. The van der Waals surface area contributed by atoms with Gasteiger partial charge in [-0.2, -0.15) is 0 Å². The Bertz CT molecular complexity index is 1870. The molecule has 6 amide bonds. The highest BCUT2D eigenvalue weighted by Gasteiger charge is 2.38. The molecule has 1 saturated heterocycles. The lowest BCUT2D eigenvalue weighted by Gasteiger charge is -2.36. The third-order valence-electron chi connectivity index (χ3n) is 9.97. The molecule has 3 aromatic rings. The maximum absolute atomic E-state index is 14.6. The first-order valence-electron chi connectivity index (χ1n) is 18.2. The zero-order valence-electron chi connectivity index (χ0n) is 33.2. The maximum atomic E-state index is 14.6. The van der Waals surface area contributed by atoms with E-state index >= 15 is 0 Å². The molecule has 15 nitrogen and oxygen atoms in total. The van der Waals surface area contributed by atoms with Gasteiger partial charge < -0.3 is 44.9 Å². The summed E-state index contributed by atoms with van der Waals surface area (Å²) in [6, 6.07) is 15.6. The Hall–Kier alpha value is -6.12. The molecule has 1 aliphatic rings. The zero-order chi connectivity index (χ0) is 41.1. The molecule has 1 aliphatic heterocycles. The van der Waals surface area contributed by atoms with Crippen molar-refractivity contribution in [3.63, 3.8) is 0 Å². The maximum Gasteiger partial charge on any atom is 0.246 e. The number of hydrogen-bond donors (Lipinski definition) is 3. The van der Waals surface area contributed by atoms with Crippen molar-refractivity contribution >= 4 is 35.4 Å². The van der Waals surface area contributed by atoms with Crippen LogP contribution < -0.4 is 30.2 Å². The summed E-state index contributed by atoms with van der Waals surface area (Å²) < 4.78 is 16.1. The van der Waals surface area contributed by atoms with E-state index in [-0.39, 0.29) is 19.3 Å². The first-order chi connectivity index (χ1) is 26.7. The monoisotopic (exact) mass is 772 g/mol. The number of methoxy groups -OCH3 is 3. The number of nitrogens with zero attached hydrogens (tertiary/aromatic N) is 3. The second-order valence-corrected chi connectivity index (χ2v) is 13.8. The number of carbonyl (C=O) groups excluding carboxylic acids is 6. The predicted octanol–water partition coefficient (Wildman–Crippen LogP) is 1.36. The molecule has 3 N–H and O–H groups in total. The number of ether oxygens (including phenoxy) is 3. The van der Waals surface area contributed by atoms with Crippen molar-refractivity contribution in [3.8, 4) is 17.2 Å². The Kier molecular flexibility index (Phi) is 14.8. The molecule has 56 heavy (non-hydrogen) atoms. The van der Waals surface area contributed by atoms with Crippen LogP contribution in [0.2, 0.25) is 0 Å². The predicted molar refractivity (Wildman–Crippen MR) is 208 cm³/mol. The van der Waals surface area contributed by atoms with Gasteiger partial charge in [-0.1, -0.05) is 48.5 Å². The number of likely N-dealkylation sites (N-methyl/N-ethyl adjacent to an activating group) is 3. The second-order valence-electron chi connectivity index (χ2n) is 13.8. The van der Waals surface area contributed by atoms with Crippen LogP contribution in [0.25, 0.3) is 0 Å². The Morgan fingerprint density at radius 3 is 1.66 bits per heavy atom. The van der Waals surface area contributed by atoms with E-state index in [1.54, 1.807) is 42.5 Å². The Morgan fingerprint density at radius 1 is 0.554 bits per heavy atom. The van der Waals surface area contributed by atoms with Crippen LogP contribution >= 0.6 is 0 Å². The van der Waals surface area contributed by atoms with Crippen LogP contribution in [0, 0.1) is 0 Å². The second kappa shape index (κ2) is 19.5. The number of amides is 6. The van der Waals surface area contributed by atoms with Gasteiger partial charge in [-0.25, -0.2) is 0 Å². The first kappa shape index (κ1) is 42.6. The highest BCUT2D eigenvalue weighted by Crippen LogP contribution is 2.29. The fraction of sp³-hybridized carbons (Fsp3) is 0.415. The number of carbonyl (C=O) groups is 6. The minimum absolute atomic E-state index is 0.00743. The SMILES string of the molecule is COc1ccc(CC2C(=O)N[C@@H](C)C(=O)N(C)[C@@H](Cc3ccccc3)C(=O)N(C)[C@@H](Cc3ccc(OC)c(OC)c3)C(=O)NCC(=O)N[C@@H](C)C(=O)N2C)cc1. The van der Waals surface area contributed by atoms with Gasteiger partial charge in [0.15, 0.2) is 11.5 Å². The van der Waals surface area contributed by atoms with Crippen LogP contribution in [-0.2, 0) is 48.0 Å². The molecular formula is C41H52N6O9. The Labute approximate surface area is 327 Å². The fourth-order valence-electron chi connectivity index (χ4n) is 6.57. The van der Waals surface area contributed by atoms with Gasteiger partial charge in [-0.3, -0.25) is 28.8 Å². The van der Waals surface area contributed by atoms with Crippen LogP contribution in [0.4, 0.5) is 0 Å². The van der Waals surface area contributed by atoms with E-state index in [1.807, 2.05) is 30.3 Å². The van der Waals surface area contributed by atoms with Gasteiger partial charge in [0.05, 0.1) is 27.9 Å². The highest BCUT2D eigenvalue weighted by atomic mass is 16.5. The van der Waals surface area contributed by atoms with E-state index < -0.39 is 72.2 Å². The standard InChI is InChI=1S/C41H52N6O9/c1-25-39(51)45(3)32(20-28-14-17-30(54-6)18-15-28)38(50)44-26(2)40(52)47(5)33(21-27-12-10-9-11-13-27)41(53)46(4)31(37(49)42-24-36(48)43-25)22-29-16-19-34(55-7)35(23-29)56-8/h9-19,23,25-26,31-33H,20-22,24H2,1-8H3,(H,42,49)(H,43,48)(H,44,50)/t25-,26-,31-,32?,33-/m0/s1. The topological polar surface area (TPSA) is 176 Å². The van der Waals surface area contributed by atoms with E-state index in [0.29, 0.717) is 28.4 Å². The summed E-state index contributed by atoms with van der Waals surface area (Å²) in [7, 11) is 8.90. The molecule has 15 heteroatoms. The van der Waals surface area contributed by atoms with Crippen molar-refractivity contribution in [1.29, 1.82) is 0 Å². The molecule has 0 spiro atoms. The third-order valence-corrected chi connectivity index (χ3v) is 9.97. The smallest absolute Gasteiger partial charge is 0.246 e. The molecule has 0 radical (unpaired) electrons. The molecule has 3 aromatic carbocycles. The van der Waals surface area contributed by atoms with Gasteiger partial charge in [-0.15, -0.1) is 0 Å². The summed E-state index contributed by atoms with van der Waals surface area (Å²) in [4.78, 5) is 87.5. The third kappa shape index (κ3) is 10.5. The molecule has 4 rings (SSSR count). The van der Waals surface area contributed by atoms with Crippen LogP contribution in [0.5, 0.6) is 17.2 Å². The minimum Gasteiger partial charge on any atom is -0.497 e. The number of hydrogen-bond acceptors (Lipinski definition) is 9. The summed E-state index contributed by atoms with van der Waals surface area (Å²) in [6.45, 7) is 2.47. The number of benzene rings is 3. The number of nitrogens with one attached hydrogen (secondary N) is 3. The molecule has 0 bridgehead atoms. The average Bonchev–Trinajstić information content (AvgIpc) is 3.21. The Balaban J connectivity index is 1.75. The van der Waals surface area contributed by atoms with Crippen molar-refractivity contribution < 1.29 is 43.0 Å². The van der Waals surface area contributed by atoms with Gasteiger partial charge in [0.1, 0.15) is 36.0 Å². The van der Waals surface area contributed by atoms with Gasteiger partial charge >= 0.3 is 0 Å². The first-order valence-corrected chi connectivity index (χ1v) is 18.2. The highest BCUT2D eigenvalue weighted by molar-refractivity contribution is 5.97. The molecule has 1 heterocycles. The molecule has 1 fully saturated rings. The lowest BCUT2D eigenvalue weighted by Crippen LogP contribution is -2.60. The van der Waals surface area contributed by atoms with Gasteiger partial charge in [0.2, 0.25) is 35.4 Å². The molecule has 5 atom stereocenters. The summed E-state index contributed by atoms with van der Waals surface area (Å²) in [5.74, 6) is -2.12. The molecular weight excluding hydrogens is 720 g/mol. The van der Waals surface area contributed by atoms with E-state index in [2.05, 4.69) is 16.0 Å². The lowest BCUT2D eigenvalue weighted by atomic mass is 9.99. The van der Waals surface area contributed by atoms with Crippen LogP contribution in [-0.4, -0.2) is 129 Å². The fourth-order valence-corrected chi connectivity index (χ4v) is 6.57. The van der Waals surface area contributed by atoms with Crippen molar-refractivity contribution in [1.82, 2.24) is 30.7 Å². The summed E-state index contributed by atoms with van der Waals surface area (Å²) in [6.07, 6.45) is 0.176. The minimum atomic E-state index is -1.16. The molecule has 0 aromatic heterocycles.